The van der Waals surface area contributed by atoms with Gasteiger partial charge in [0.25, 0.3) is 5.56 Å². The first-order valence-electron chi connectivity index (χ1n) is 7.93. The number of fused-ring (bicyclic) bond motifs is 1. The van der Waals surface area contributed by atoms with Gasteiger partial charge in [-0.15, -0.1) is 0 Å². The standard InChI is InChI=1S/C19H20N2O2S/c1-13(2)21-18(23)16-5-3-4-6-17(16)20-19(21)24-12-15-9-7-14(11-22)8-10-15/h3-10,13,22H,11-12H2,1-2H3. The van der Waals surface area contributed by atoms with Crippen molar-refractivity contribution >= 4 is 22.7 Å². The second-order valence-electron chi connectivity index (χ2n) is 5.94. The van der Waals surface area contributed by atoms with Gasteiger partial charge in [-0.05, 0) is 37.1 Å². The molecule has 0 radical (unpaired) electrons. The van der Waals surface area contributed by atoms with Crippen molar-refractivity contribution in [3.05, 3.63) is 70.0 Å². The topological polar surface area (TPSA) is 55.1 Å². The lowest BCUT2D eigenvalue weighted by Gasteiger charge is -2.16. The van der Waals surface area contributed by atoms with Crippen molar-refractivity contribution in [2.24, 2.45) is 0 Å². The third kappa shape index (κ3) is 3.37. The fraction of sp³-hybridized carbons (Fsp3) is 0.263. The van der Waals surface area contributed by atoms with Crippen LogP contribution in [-0.2, 0) is 12.4 Å². The molecule has 3 aromatic rings. The summed E-state index contributed by atoms with van der Waals surface area (Å²) in [5.74, 6) is 0.725. The predicted molar refractivity (Wildman–Crippen MR) is 98.3 cm³/mol. The average molecular weight is 340 g/mol. The number of aliphatic hydroxyl groups is 1. The highest BCUT2D eigenvalue weighted by Crippen LogP contribution is 2.24. The summed E-state index contributed by atoms with van der Waals surface area (Å²) in [6.07, 6.45) is 0. The Hall–Kier alpha value is -2.11. The average Bonchev–Trinajstić information content (AvgIpc) is 2.60. The van der Waals surface area contributed by atoms with Crippen molar-refractivity contribution in [3.63, 3.8) is 0 Å². The van der Waals surface area contributed by atoms with E-state index in [1.807, 2.05) is 62.4 Å². The number of para-hydroxylation sites is 1. The number of hydrogen-bond donors (Lipinski definition) is 1. The molecule has 0 aliphatic heterocycles. The molecule has 0 saturated heterocycles. The van der Waals surface area contributed by atoms with E-state index in [1.165, 1.54) is 0 Å². The summed E-state index contributed by atoms with van der Waals surface area (Å²) in [5.41, 5.74) is 2.77. The molecular formula is C19H20N2O2S. The van der Waals surface area contributed by atoms with E-state index in [1.54, 1.807) is 16.3 Å². The lowest BCUT2D eigenvalue weighted by Crippen LogP contribution is -2.25. The highest BCUT2D eigenvalue weighted by atomic mass is 32.2. The van der Waals surface area contributed by atoms with Gasteiger partial charge < -0.3 is 5.11 Å². The lowest BCUT2D eigenvalue weighted by atomic mass is 10.2. The maximum absolute atomic E-state index is 12.8. The van der Waals surface area contributed by atoms with Crippen LogP contribution >= 0.6 is 11.8 Å². The molecule has 0 aliphatic carbocycles. The Bertz CT molecular complexity index is 901. The zero-order valence-electron chi connectivity index (χ0n) is 13.8. The Morgan fingerprint density at radius 1 is 1.08 bits per heavy atom. The normalized spacial score (nSPS) is 11.3. The molecule has 1 aromatic heterocycles. The minimum Gasteiger partial charge on any atom is -0.392 e. The molecule has 2 aromatic carbocycles. The molecule has 3 rings (SSSR count). The Morgan fingerprint density at radius 3 is 2.42 bits per heavy atom. The first-order valence-corrected chi connectivity index (χ1v) is 8.91. The molecule has 4 nitrogen and oxygen atoms in total. The van der Waals surface area contributed by atoms with Gasteiger partial charge in [0.1, 0.15) is 0 Å². The fourth-order valence-electron chi connectivity index (χ4n) is 2.57. The molecule has 1 N–H and O–H groups in total. The van der Waals surface area contributed by atoms with Crippen molar-refractivity contribution in [2.45, 2.75) is 37.4 Å². The van der Waals surface area contributed by atoms with Gasteiger partial charge in [-0.25, -0.2) is 4.98 Å². The summed E-state index contributed by atoms with van der Waals surface area (Å²) in [4.78, 5) is 17.5. The lowest BCUT2D eigenvalue weighted by molar-refractivity contribution is 0.282. The number of aromatic nitrogens is 2. The first kappa shape index (κ1) is 16.7. The van der Waals surface area contributed by atoms with Crippen molar-refractivity contribution in [1.82, 2.24) is 9.55 Å². The molecule has 0 atom stereocenters. The zero-order valence-corrected chi connectivity index (χ0v) is 14.6. The summed E-state index contributed by atoms with van der Waals surface area (Å²) in [7, 11) is 0. The first-order chi connectivity index (χ1) is 11.6. The van der Waals surface area contributed by atoms with E-state index in [-0.39, 0.29) is 18.2 Å². The Balaban J connectivity index is 1.95. The van der Waals surface area contributed by atoms with Gasteiger partial charge in [0.15, 0.2) is 5.16 Å². The Kier molecular flexibility index (Phi) is 5.02. The SMILES string of the molecule is CC(C)n1c(SCc2ccc(CO)cc2)nc2ccccc2c1=O. The molecular weight excluding hydrogens is 320 g/mol. The summed E-state index contributed by atoms with van der Waals surface area (Å²) in [5, 5.41) is 10.5. The molecule has 0 aliphatic rings. The maximum Gasteiger partial charge on any atom is 0.262 e. The van der Waals surface area contributed by atoms with Crippen molar-refractivity contribution in [2.75, 3.05) is 0 Å². The molecule has 0 spiro atoms. The fourth-order valence-corrected chi connectivity index (χ4v) is 3.66. The number of benzene rings is 2. The van der Waals surface area contributed by atoms with Gasteiger partial charge in [0.2, 0.25) is 0 Å². The third-order valence-electron chi connectivity index (χ3n) is 3.87. The summed E-state index contributed by atoms with van der Waals surface area (Å²) < 4.78 is 1.76. The zero-order chi connectivity index (χ0) is 17.1. The van der Waals surface area contributed by atoms with Gasteiger partial charge in [0.05, 0.1) is 17.5 Å². The summed E-state index contributed by atoms with van der Waals surface area (Å²) in [6, 6.07) is 15.3. The maximum atomic E-state index is 12.8. The number of nitrogens with zero attached hydrogens (tertiary/aromatic N) is 2. The largest absolute Gasteiger partial charge is 0.392 e. The second kappa shape index (κ2) is 7.20. The smallest absolute Gasteiger partial charge is 0.262 e. The Morgan fingerprint density at radius 2 is 1.75 bits per heavy atom. The van der Waals surface area contributed by atoms with Crippen LogP contribution in [0.25, 0.3) is 10.9 Å². The van der Waals surface area contributed by atoms with E-state index in [2.05, 4.69) is 0 Å². The van der Waals surface area contributed by atoms with Gasteiger partial charge in [-0.1, -0.05) is 48.2 Å². The van der Waals surface area contributed by atoms with Gasteiger partial charge in [-0.3, -0.25) is 9.36 Å². The molecule has 24 heavy (non-hydrogen) atoms. The van der Waals surface area contributed by atoms with E-state index < -0.39 is 0 Å². The predicted octanol–water partition coefficient (Wildman–Crippen LogP) is 3.76. The molecule has 1 heterocycles. The minimum absolute atomic E-state index is 0.00808. The van der Waals surface area contributed by atoms with Crippen LogP contribution in [0.3, 0.4) is 0 Å². The number of aliphatic hydroxyl groups excluding tert-OH is 1. The van der Waals surface area contributed by atoms with Gasteiger partial charge >= 0.3 is 0 Å². The summed E-state index contributed by atoms with van der Waals surface area (Å²) in [6.45, 7) is 4.04. The molecule has 0 unspecified atom stereocenters. The van der Waals surface area contributed by atoms with Crippen LogP contribution in [0.2, 0.25) is 0 Å². The molecule has 124 valence electrons. The third-order valence-corrected chi connectivity index (χ3v) is 4.89. The van der Waals surface area contributed by atoms with Crippen molar-refractivity contribution < 1.29 is 5.11 Å². The van der Waals surface area contributed by atoms with Crippen molar-refractivity contribution in [1.29, 1.82) is 0 Å². The Labute approximate surface area is 145 Å². The van der Waals surface area contributed by atoms with E-state index >= 15 is 0 Å². The highest BCUT2D eigenvalue weighted by molar-refractivity contribution is 7.98. The molecule has 0 amide bonds. The molecule has 0 saturated carbocycles. The van der Waals surface area contributed by atoms with E-state index in [0.29, 0.717) is 5.39 Å². The second-order valence-corrected chi connectivity index (χ2v) is 6.89. The highest BCUT2D eigenvalue weighted by Gasteiger charge is 2.13. The van der Waals surface area contributed by atoms with Crippen LogP contribution in [0.4, 0.5) is 0 Å². The van der Waals surface area contributed by atoms with E-state index in [0.717, 1.165) is 27.6 Å². The van der Waals surface area contributed by atoms with E-state index in [9.17, 15) is 4.79 Å². The molecule has 5 heteroatoms. The number of thioether (sulfide) groups is 1. The van der Waals surface area contributed by atoms with Crippen LogP contribution in [0.1, 0.15) is 31.0 Å². The van der Waals surface area contributed by atoms with Gasteiger partial charge in [0, 0.05) is 11.8 Å². The van der Waals surface area contributed by atoms with Crippen LogP contribution in [0.5, 0.6) is 0 Å². The number of hydrogen-bond acceptors (Lipinski definition) is 4. The molecule has 0 fully saturated rings. The number of rotatable bonds is 5. The summed E-state index contributed by atoms with van der Waals surface area (Å²) >= 11 is 1.56. The van der Waals surface area contributed by atoms with Crippen molar-refractivity contribution in [3.8, 4) is 0 Å². The monoisotopic (exact) mass is 340 g/mol. The van der Waals surface area contributed by atoms with Crippen LogP contribution in [0.15, 0.2) is 58.5 Å². The quantitative estimate of drug-likeness (QED) is 0.567. The molecule has 0 bridgehead atoms. The van der Waals surface area contributed by atoms with Gasteiger partial charge in [-0.2, -0.15) is 0 Å². The van der Waals surface area contributed by atoms with Crippen LogP contribution < -0.4 is 5.56 Å². The minimum atomic E-state index is 0.00808. The van der Waals surface area contributed by atoms with Crippen LogP contribution in [0, 0.1) is 0 Å². The van der Waals surface area contributed by atoms with Crippen LogP contribution in [-0.4, -0.2) is 14.7 Å². The van der Waals surface area contributed by atoms with E-state index in [4.69, 9.17) is 10.1 Å².